The fourth-order valence-corrected chi connectivity index (χ4v) is 9.24. The quantitative estimate of drug-likeness (QED) is 0.0359. The number of pyridine rings is 1. The molecule has 2 aromatic carbocycles. The van der Waals surface area contributed by atoms with Gasteiger partial charge in [0.25, 0.3) is 5.56 Å². The van der Waals surface area contributed by atoms with E-state index in [4.69, 9.17) is 15.0 Å². The van der Waals surface area contributed by atoms with E-state index in [1.807, 2.05) is 32.0 Å². The normalized spacial score (nSPS) is 18.0. The second-order valence-corrected chi connectivity index (χ2v) is 19.6. The van der Waals surface area contributed by atoms with Gasteiger partial charge < -0.3 is 40.5 Å². The lowest BCUT2D eigenvalue weighted by atomic mass is 9.95. The number of aliphatic hydroxyl groups is 2. The standard InChI is InChI=1S/C53H64N14O7/c1-6-20-66-51(72)41-31-56-52(59-48(41)67(66)46-13-11-12-45(58-46)53(4,5)73)57-38-16-18-39(19-17-38)63-24-22-62(23-25-63)21-9-7-8-10-26-74-47-34-64(61-60-47)33-42(35(2)3)50(71)65-32-40(68)28-43(65)49(70)55-30-37-15-14-36(29-54)27-44(37)69/h6,11-19,27,31,33-35,40,42-43,68,73H,1,7-10,20-26,28,30,32H2,2-5H3,(H2-,55,56,57,59,69,70,72)/p+1/b64-33-/t40-,42?,43+/m1/s1. The molecule has 3 aliphatic heterocycles. The maximum Gasteiger partial charge on any atom is 0.398 e. The third-order valence-electron chi connectivity index (χ3n) is 13.4. The Hall–Kier alpha value is -7.80. The van der Waals surface area contributed by atoms with Crippen molar-refractivity contribution < 1.29 is 34.3 Å². The molecule has 6 heterocycles. The summed E-state index contributed by atoms with van der Waals surface area (Å²) in [5.41, 5.74) is 2.03. The third kappa shape index (κ3) is 12.5. The van der Waals surface area contributed by atoms with E-state index in [1.54, 1.807) is 67.4 Å². The van der Waals surface area contributed by atoms with Crippen LogP contribution in [0, 0.1) is 23.2 Å². The molecule has 21 heteroatoms. The summed E-state index contributed by atoms with van der Waals surface area (Å²) < 4.78 is 10.5. The van der Waals surface area contributed by atoms with Crippen molar-refractivity contribution in [2.24, 2.45) is 22.2 Å². The number of piperazine rings is 1. The summed E-state index contributed by atoms with van der Waals surface area (Å²) in [6.45, 7) is 16.4. The molecule has 2 fully saturated rings. The van der Waals surface area contributed by atoms with Crippen LogP contribution in [-0.4, -0.2) is 130 Å². The molecule has 3 aromatic heterocycles. The summed E-state index contributed by atoms with van der Waals surface area (Å²) in [5.74, 6) is -0.605. The fourth-order valence-electron chi connectivity index (χ4n) is 9.24. The number of nitrogens with zero attached hydrogens (tertiary/aromatic N) is 12. The van der Waals surface area contributed by atoms with Crippen LogP contribution in [0.4, 0.5) is 17.3 Å². The molecule has 0 bridgehead atoms. The lowest BCUT2D eigenvalue weighted by molar-refractivity contribution is -0.462. The second-order valence-electron chi connectivity index (χ2n) is 19.6. The number of nitriles is 1. The number of likely N-dealkylation sites (tertiary alicyclic amines) is 1. The lowest BCUT2D eigenvalue weighted by Gasteiger charge is -2.36. The number of carbonyl (C=O) groups is 2. The maximum atomic E-state index is 13.9. The van der Waals surface area contributed by atoms with Crippen molar-refractivity contribution in [2.75, 3.05) is 56.1 Å². The van der Waals surface area contributed by atoms with Crippen LogP contribution in [0.1, 0.15) is 76.6 Å². The van der Waals surface area contributed by atoms with Crippen LogP contribution >= 0.6 is 0 Å². The van der Waals surface area contributed by atoms with Crippen molar-refractivity contribution >= 4 is 46.4 Å². The Kier molecular flexibility index (Phi) is 16.6. The van der Waals surface area contributed by atoms with Crippen LogP contribution in [-0.2, 0) is 33.0 Å². The summed E-state index contributed by atoms with van der Waals surface area (Å²) in [6, 6.07) is 18.9. The molecule has 3 aliphatic rings. The number of aliphatic hydroxyl groups excluding tert-OH is 1. The monoisotopic (exact) mass is 1010 g/mol. The average Bonchev–Trinajstić information content (AvgIpc) is 4.09. The van der Waals surface area contributed by atoms with Crippen LogP contribution < -0.4 is 21.1 Å². The Bertz CT molecular complexity index is 3030. The fraction of sp³-hybridized carbons (Fsp3) is 0.434. The van der Waals surface area contributed by atoms with E-state index in [0.717, 1.165) is 69.8 Å². The van der Waals surface area contributed by atoms with E-state index in [2.05, 4.69) is 59.5 Å². The number of unbranched alkanes of at least 4 members (excludes halogenated alkanes) is 3. The molecule has 8 rings (SSSR count). The number of aromatic hydroxyl groups is 1. The molecule has 21 nitrogen and oxygen atoms in total. The Morgan fingerprint density at radius 3 is 2.53 bits per heavy atom. The van der Waals surface area contributed by atoms with Gasteiger partial charge in [0.15, 0.2) is 11.5 Å². The zero-order valence-electron chi connectivity index (χ0n) is 42.3. The van der Waals surface area contributed by atoms with E-state index in [-0.39, 0.29) is 49.2 Å². The summed E-state index contributed by atoms with van der Waals surface area (Å²) in [7, 11) is 0. The van der Waals surface area contributed by atoms with Gasteiger partial charge in [-0.3, -0.25) is 19.3 Å². The van der Waals surface area contributed by atoms with E-state index >= 15 is 0 Å². The number of fused-ring (bicyclic) bond motifs is 1. The van der Waals surface area contributed by atoms with Crippen LogP contribution in [0.15, 0.2) is 107 Å². The van der Waals surface area contributed by atoms with E-state index < -0.39 is 29.6 Å². The number of allylic oxidation sites excluding steroid dienone is 1. The van der Waals surface area contributed by atoms with Gasteiger partial charge in [0.2, 0.25) is 24.0 Å². The van der Waals surface area contributed by atoms with Gasteiger partial charge in [0.05, 0.1) is 42.5 Å². The predicted octanol–water partition coefficient (Wildman–Crippen LogP) is 5.22. The number of hydrogen-bond acceptors (Lipinski definition) is 16. The largest absolute Gasteiger partial charge is 0.508 e. The maximum absolute atomic E-state index is 13.9. The highest BCUT2D eigenvalue weighted by atomic mass is 16.5. The summed E-state index contributed by atoms with van der Waals surface area (Å²) >= 11 is 0. The Balaban J connectivity index is 0.748. The molecule has 0 radical (unpaired) electrons. The number of nitrogens with one attached hydrogen (secondary N) is 2. The van der Waals surface area contributed by atoms with Gasteiger partial charge >= 0.3 is 5.88 Å². The first-order valence-electron chi connectivity index (χ1n) is 25.1. The second kappa shape index (κ2) is 23.4. The topological polar surface area (TPSA) is 255 Å². The van der Waals surface area contributed by atoms with Crippen molar-refractivity contribution in [3.8, 4) is 17.6 Å². The van der Waals surface area contributed by atoms with Gasteiger partial charge in [-0.15, -0.1) is 11.3 Å². The van der Waals surface area contributed by atoms with Crippen LogP contribution in [0.25, 0.3) is 16.9 Å². The van der Waals surface area contributed by atoms with E-state index in [0.29, 0.717) is 52.1 Å². The first-order chi connectivity index (χ1) is 35.6. The van der Waals surface area contributed by atoms with Gasteiger partial charge in [0, 0.05) is 68.8 Å². The van der Waals surface area contributed by atoms with Crippen molar-refractivity contribution in [1.82, 2.24) is 39.4 Å². The van der Waals surface area contributed by atoms with Crippen LogP contribution in [0.3, 0.4) is 0 Å². The first kappa shape index (κ1) is 52.5. The molecular formula is C53H65N14O7+. The number of rotatable bonds is 21. The molecule has 388 valence electrons. The Morgan fingerprint density at radius 2 is 1.81 bits per heavy atom. The van der Waals surface area contributed by atoms with Crippen molar-refractivity contribution in [2.45, 2.75) is 90.6 Å². The zero-order chi connectivity index (χ0) is 52.5. The molecule has 2 saturated heterocycles. The molecule has 2 amide bonds. The van der Waals surface area contributed by atoms with Gasteiger partial charge in [-0.05, 0) is 87.7 Å². The molecule has 1 unspecified atom stereocenters. The summed E-state index contributed by atoms with van der Waals surface area (Å²) in [4.78, 5) is 60.8. The number of amides is 2. The van der Waals surface area contributed by atoms with Gasteiger partial charge in [-0.1, -0.05) is 44.9 Å². The number of ether oxygens (including phenoxy) is 1. The van der Waals surface area contributed by atoms with E-state index in [1.165, 1.54) is 26.5 Å². The van der Waals surface area contributed by atoms with E-state index in [9.17, 15) is 29.7 Å². The summed E-state index contributed by atoms with van der Waals surface area (Å²) in [6.07, 6.45) is 9.66. The molecule has 3 atom stereocenters. The van der Waals surface area contributed by atoms with Gasteiger partial charge in [-0.2, -0.15) is 10.2 Å². The molecule has 0 spiro atoms. The Labute approximate surface area is 429 Å². The number of β-amino-alcohol motifs (C(OH)–C–C–N with tert-alkyl or cyclic N) is 1. The minimum absolute atomic E-state index is 0.00698. The van der Waals surface area contributed by atoms with Crippen LogP contribution in [0.5, 0.6) is 5.75 Å². The SMILES string of the molecule is C=CCn1c(=O)c2cnc(Nc3ccc(N4CCN(CCCCCCOC5=C/[N+](=C/C(C(=O)N6C[C@H](O)C[C@H]6C(=O)NCc6ccc(C#N)cc6O)C(C)C)N=N5)CC4)cc3)nc2n1-c1cccc(C(C)(C)O)n1. The number of anilines is 3. The zero-order valence-corrected chi connectivity index (χ0v) is 42.3. The Morgan fingerprint density at radius 1 is 1.04 bits per heavy atom. The first-order valence-corrected chi connectivity index (χ1v) is 25.1. The number of carbonyl (C=O) groups excluding carboxylic acids is 2. The van der Waals surface area contributed by atoms with Crippen molar-refractivity contribution in [3.05, 3.63) is 119 Å². The van der Waals surface area contributed by atoms with Crippen LogP contribution in [0.2, 0.25) is 0 Å². The van der Waals surface area contributed by atoms with Crippen molar-refractivity contribution in [1.29, 1.82) is 5.26 Å². The molecule has 0 aliphatic carbocycles. The average molecular weight is 1010 g/mol. The highest BCUT2D eigenvalue weighted by Gasteiger charge is 2.42. The van der Waals surface area contributed by atoms with Gasteiger partial charge in [-0.25, -0.2) is 19.3 Å². The van der Waals surface area contributed by atoms with Crippen molar-refractivity contribution in [3.63, 3.8) is 0 Å². The number of phenolic OH excluding ortho intramolecular Hbond substituents is 1. The number of phenols is 1. The minimum atomic E-state index is -1.18. The molecule has 0 saturated carbocycles. The molecule has 74 heavy (non-hydrogen) atoms. The highest BCUT2D eigenvalue weighted by Crippen LogP contribution is 2.27. The third-order valence-corrected chi connectivity index (χ3v) is 13.4. The highest BCUT2D eigenvalue weighted by molar-refractivity contribution is 5.96. The smallest absolute Gasteiger partial charge is 0.398 e. The van der Waals surface area contributed by atoms with Gasteiger partial charge in [0.1, 0.15) is 39.3 Å². The molecule has 5 N–H and O–H groups in total. The predicted molar refractivity (Wildman–Crippen MR) is 278 cm³/mol. The number of benzene rings is 2. The minimum Gasteiger partial charge on any atom is -0.508 e. The molecular weight excluding hydrogens is 945 g/mol. The number of aromatic nitrogens is 5. The summed E-state index contributed by atoms with van der Waals surface area (Å²) in [5, 5.41) is 55.2. The molecule has 5 aromatic rings. The number of hydrogen-bond donors (Lipinski definition) is 5. The lowest BCUT2D eigenvalue weighted by Crippen LogP contribution is -2.49.